The molecule has 7 heteroatoms. The number of azo groups is 1. The maximum atomic E-state index is 12.4. The molecule has 2 aromatic carbocycles. The highest BCUT2D eigenvalue weighted by molar-refractivity contribution is 5.92. The molecule has 0 radical (unpaired) electrons. The van der Waals surface area contributed by atoms with Gasteiger partial charge in [0.05, 0.1) is 31.1 Å². The summed E-state index contributed by atoms with van der Waals surface area (Å²) in [4.78, 5) is 14.6. The molecule has 2 aliphatic rings. The van der Waals surface area contributed by atoms with Crippen LogP contribution in [0.2, 0.25) is 0 Å². The number of hydrogen-bond acceptors (Lipinski definition) is 6. The summed E-state index contributed by atoms with van der Waals surface area (Å²) in [6.45, 7) is 3.56. The van der Waals surface area contributed by atoms with Gasteiger partial charge in [0.15, 0.2) is 6.29 Å². The van der Waals surface area contributed by atoms with Gasteiger partial charge in [-0.05, 0) is 62.3 Å². The quantitative estimate of drug-likeness (QED) is 0.748. The van der Waals surface area contributed by atoms with E-state index < -0.39 is 0 Å². The molecule has 2 aromatic rings. The molecule has 152 valence electrons. The lowest BCUT2D eigenvalue weighted by molar-refractivity contribution is -0.119. The van der Waals surface area contributed by atoms with Gasteiger partial charge in [0.2, 0.25) is 5.91 Å². The minimum absolute atomic E-state index is 0.00419. The van der Waals surface area contributed by atoms with E-state index in [0.717, 1.165) is 43.0 Å². The summed E-state index contributed by atoms with van der Waals surface area (Å²) >= 11 is 0. The Kier molecular flexibility index (Phi) is 6.61. The molecule has 1 N–H and O–H groups in total. The Morgan fingerprint density at radius 2 is 1.55 bits per heavy atom. The molecular formula is C22H26N4O3. The second-order valence-electron chi connectivity index (χ2n) is 7.35. The third kappa shape index (κ3) is 5.69. The first-order chi connectivity index (χ1) is 14.3. The zero-order valence-electron chi connectivity index (χ0n) is 16.4. The highest BCUT2D eigenvalue weighted by atomic mass is 16.7. The van der Waals surface area contributed by atoms with Crippen LogP contribution in [0.25, 0.3) is 0 Å². The molecule has 7 nitrogen and oxygen atoms in total. The standard InChI is InChI=1S/C22H26N4O3/c27-21(16-26-12-10-17(11-13-26)22-28-14-15-29-22)23-18-6-8-20(9-7-18)25-24-19-4-2-1-3-5-19/h1-9,17,22H,10-16H2,(H,23,27). The van der Waals surface area contributed by atoms with Crippen molar-refractivity contribution in [1.82, 2.24) is 4.90 Å². The fourth-order valence-corrected chi connectivity index (χ4v) is 3.66. The molecule has 29 heavy (non-hydrogen) atoms. The minimum Gasteiger partial charge on any atom is -0.350 e. The Bertz CT molecular complexity index is 812. The normalized spacial score (nSPS) is 19.0. The number of anilines is 1. The molecule has 4 rings (SSSR count). The second kappa shape index (κ2) is 9.73. The Morgan fingerprint density at radius 3 is 2.21 bits per heavy atom. The van der Waals surface area contributed by atoms with Gasteiger partial charge in [-0.1, -0.05) is 18.2 Å². The van der Waals surface area contributed by atoms with E-state index in [4.69, 9.17) is 9.47 Å². The lowest BCUT2D eigenvalue weighted by Crippen LogP contribution is -2.41. The Hall–Kier alpha value is -2.61. The lowest BCUT2D eigenvalue weighted by Gasteiger charge is -2.33. The minimum atomic E-state index is -0.0523. The van der Waals surface area contributed by atoms with E-state index in [-0.39, 0.29) is 12.2 Å². The number of likely N-dealkylation sites (tertiary alicyclic amines) is 1. The van der Waals surface area contributed by atoms with E-state index in [0.29, 0.717) is 25.7 Å². The second-order valence-corrected chi connectivity index (χ2v) is 7.35. The molecule has 2 fully saturated rings. The number of carbonyl (C=O) groups is 1. The van der Waals surface area contributed by atoms with Crippen molar-refractivity contribution in [1.29, 1.82) is 0 Å². The van der Waals surface area contributed by atoms with Crippen LogP contribution in [0.1, 0.15) is 12.8 Å². The number of ether oxygens (including phenoxy) is 2. The van der Waals surface area contributed by atoms with E-state index in [1.165, 1.54) is 0 Å². The van der Waals surface area contributed by atoms with Crippen LogP contribution in [-0.4, -0.2) is 49.9 Å². The van der Waals surface area contributed by atoms with Gasteiger partial charge < -0.3 is 14.8 Å². The van der Waals surface area contributed by atoms with Gasteiger partial charge in [-0.2, -0.15) is 10.2 Å². The molecule has 0 atom stereocenters. The first-order valence-corrected chi connectivity index (χ1v) is 10.1. The molecule has 0 aliphatic carbocycles. The molecule has 2 saturated heterocycles. The lowest BCUT2D eigenvalue weighted by atomic mass is 9.96. The number of benzene rings is 2. The topological polar surface area (TPSA) is 75.5 Å². The number of rotatable bonds is 6. The van der Waals surface area contributed by atoms with Crippen LogP contribution < -0.4 is 5.32 Å². The van der Waals surface area contributed by atoms with Crippen LogP contribution in [0.5, 0.6) is 0 Å². The van der Waals surface area contributed by atoms with Gasteiger partial charge >= 0.3 is 0 Å². The summed E-state index contributed by atoms with van der Waals surface area (Å²) in [5, 5.41) is 11.4. The van der Waals surface area contributed by atoms with E-state index in [9.17, 15) is 4.79 Å². The van der Waals surface area contributed by atoms with Crippen molar-refractivity contribution >= 4 is 23.0 Å². The predicted molar refractivity (Wildman–Crippen MR) is 111 cm³/mol. The third-order valence-electron chi connectivity index (χ3n) is 5.22. The monoisotopic (exact) mass is 394 g/mol. The first kappa shape index (κ1) is 19.7. The van der Waals surface area contributed by atoms with Crippen molar-refractivity contribution in [3.63, 3.8) is 0 Å². The molecule has 0 spiro atoms. The molecular weight excluding hydrogens is 368 g/mol. The fraction of sp³-hybridized carbons (Fsp3) is 0.409. The molecule has 2 aliphatic heterocycles. The smallest absolute Gasteiger partial charge is 0.238 e. The zero-order valence-corrected chi connectivity index (χ0v) is 16.4. The van der Waals surface area contributed by atoms with Crippen molar-refractivity contribution in [3.05, 3.63) is 54.6 Å². The van der Waals surface area contributed by atoms with Gasteiger partial charge in [-0.15, -0.1) is 0 Å². The van der Waals surface area contributed by atoms with Crippen LogP contribution in [0.15, 0.2) is 64.8 Å². The van der Waals surface area contributed by atoms with Crippen LogP contribution >= 0.6 is 0 Å². The Labute approximate surface area is 170 Å². The molecule has 0 bridgehead atoms. The summed E-state index contributed by atoms with van der Waals surface area (Å²) in [5.41, 5.74) is 2.31. The summed E-state index contributed by atoms with van der Waals surface area (Å²) in [6.07, 6.45) is 1.95. The number of nitrogens with one attached hydrogen (secondary N) is 1. The van der Waals surface area contributed by atoms with Crippen LogP contribution in [0, 0.1) is 5.92 Å². The number of nitrogens with zero attached hydrogens (tertiary/aromatic N) is 3. The first-order valence-electron chi connectivity index (χ1n) is 10.1. The van der Waals surface area contributed by atoms with Gasteiger partial charge in [0, 0.05) is 11.6 Å². The van der Waals surface area contributed by atoms with Gasteiger partial charge in [0.1, 0.15) is 0 Å². The number of hydrogen-bond donors (Lipinski definition) is 1. The third-order valence-corrected chi connectivity index (χ3v) is 5.22. The van der Waals surface area contributed by atoms with Crippen molar-refractivity contribution < 1.29 is 14.3 Å². The Balaban J connectivity index is 1.22. The summed E-state index contributed by atoms with van der Waals surface area (Å²) in [6, 6.07) is 17.0. The Morgan fingerprint density at radius 1 is 0.931 bits per heavy atom. The number of amides is 1. The van der Waals surface area contributed by atoms with Gasteiger partial charge in [-0.25, -0.2) is 0 Å². The van der Waals surface area contributed by atoms with E-state index in [2.05, 4.69) is 20.4 Å². The largest absolute Gasteiger partial charge is 0.350 e. The predicted octanol–water partition coefficient (Wildman–Crippen LogP) is 4.13. The van der Waals surface area contributed by atoms with Gasteiger partial charge in [0.25, 0.3) is 0 Å². The molecule has 0 aromatic heterocycles. The maximum absolute atomic E-state index is 12.4. The fourth-order valence-electron chi connectivity index (χ4n) is 3.66. The van der Waals surface area contributed by atoms with Crippen LogP contribution in [0.3, 0.4) is 0 Å². The van der Waals surface area contributed by atoms with Crippen molar-refractivity contribution in [2.45, 2.75) is 19.1 Å². The molecule has 1 amide bonds. The number of piperidine rings is 1. The zero-order chi connectivity index (χ0) is 19.9. The van der Waals surface area contributed by atoms with Gasteiger partial charge in [-0.3, -0.25) is 9.69 Å². The van der Waals surface area contributed by atoms with Crippen molar-refractivity contribution in [2.24, 2.45) is 16.1 Å². The molecule has 0 saturated carbocycles. The SMILES string of the molecule is O=C(CN1CCC(C2OCCO2)CC1)Nc1ccc(N=Nc2ccccc2)cc1. The average Bonchev–Trinajstić information content (AvgIpc) is 3.29. The summed E-state index contributed by atoms with van der Waals surface area (Å²) < 4.78 is 11.2. The highest BCUT2D eigenvalue weighted by Crippen LogP contribution is 2.26. The van der Waals surface area contributed by atoms with Crippen LogP contribution in [0.4, 0.5) is 17.1 Å². The van der Waals surface area contributed by atoms with E-state index in [1.807, 2.05) is 54.6 Å². The van der Waals surface area contributed by atoms with Crippen LogP contribution in [-0.2, 0) is 14.3 Å². The number of carbonyl (C=O) groups excluding carboxylic acids is 1. The summed E-state index contributed by atoms with van der Waals surface area (Å²) in [7, 11) is 0. The van der Waals surface area contributed by atoms with E-state index >= 15 is 0 Å². The average molecular weight is 394 g/mol. The maximum Gasteiger partial charge on any atom is 0.238 e. The molecule has 0 unspecified atom stereocenters. The highest BCUT2D eigenvalue weighted by Gasteiger charge is 2.30. The van der Waals surface area contributed by atoms with Crippen molar-refractivity contribution in [3.8, 4) is 0 Å². The molecule has 2 heterocycles. The van der Waals surface area contributed by atoms with Crippen molar-refractivity contribution in [2.75, 3.05) is 38.2 Å². The summed E-state index contributed by atoms with van der Waals surface area (Å²) in [5.74, 6) is 0.435. The van der Waals surface area contributed by atoms with E-state index in [1.54, 1.807) is 0 Å².